The summed E-state index contributed by atoms with van der Waals surface area (Å²) in [6.07, 6.45) is 0.956. The van der Waals surface area contributed by atoms with E-state index in [4.69, 9.17) is 4.42 Å². The summed E-state index contributed by atoms with van der Waals surface area (Å²) >= 11 is 0. The number of carbonyl (C=O) groups is 1. The van der Waals surface area contributed by atoms with Crippen LogP contribution < -0.4 is 5.32 Å². The Kier molecular flexibility index (Phi) is 4.93. The molecule has 4 heteroatoms. The summed E-state index contributed by atoms with van der Waals surface area (Å²) in [5.74, 6) is 0.428. The molecule has 0 fully saturated rings. The highest BCUT2D eigenvalue weighted by Gasteiger charge is 2.13. The number of anilines is 1. The molecule has 0 radical (unpaired) electrons. The molecule has 1 amide bonds. The molecule has 29 heavy (non-hydrogen) atoms. The van der Waals surface area contributed by atoms with Crippen molar-refractivity contribution in [3.05, 3.63) is 82.4 Å². The molecular weight excluding hydrogens is 360 g/mol. The Hall–Kier alpha value is -3.40. The number of nitrogens with one attached hydrogen (secondary N) is 1. The Bertz CT molecular complexity index is 1200. The number of hydrogen-bond donors (Lipinski definition) is 1. The third-order valence-electron chi connectivity index (χ3n) is 5.08. The smallest absolute Gasteiger partial charge is 0.255 e. The number of aromatic nitrogens is 1. The van der Waals surface area contributed by atoms with E-state index in [1.54, 1.807) is 0 Å². The summed E-state index contributed by atoms with van der Waals surface area (Å²) in [6.45, 7) is 8.08. The van der Waals surface area contributed by atoms with E-state index < -0.39 is 0 Å². The van der Waals surface area contributed by atoms with E-state index >= 15 is 0 Å². The normalized spacial score (nSPS) is 11.0. The number of carbonyl (C=O) groups excluding carboxylic acids is 1. The molecule has 0 spiro atoms. The zero-order chi connectivity index (χ0) is 20.5. The molecule has 4 aromatic rings. The summed E-state index contributed by atoms with van der Waals surface area (Å²) in [6, 6.07) is 17.8. The van der Waals surface area contributed by atoms with Gasteiger partial charge in [0.2, 0.25) is 5.89 Å². The first-order valence-electron chi connectivity index (χ1n) is 9.83. The van der Waals surface area contributed by atoms with Gasteiger partial charge in [-0.2, -0.15) is 0 Å². The third-order valence-corrected chi connectivity index (χ3v) is 5.08. The van der Waals surface area contributed by atoms with Crippen LogP contribution in [-0.2, 0) is 6.42 Å². The van der Waals surface area contributed by atoms with Crippen LogP contribution in [0, 0.1) is 20.8 Å². The monoisotopic (exact) mass is 384 g/mol. The highest BCUT2D eigenvalue weighted by atomic mass is 16.3. The second-order valence-corrected chi connectivity index (χ2v) is 7.53. The molecule has 0 aliphatic heterocycles. The van der Waals surface area contributed by atoms with Gasteiger partial charge in [0, 0.05) is 16.8 Å². The van der Waals surface area contributed by atoms with E-state index in [0.29, 0.717) is 11.5 Å². The SMILES string of the molecule is CCc1ccc2oc(-c3ccc(C)c(NC(=O)c4cc(C)cc(C)c4)c3)nc2c1. The Balaban J connectivity index is 1.66. The molecule has 1 aromatic heterocycles. The number of rotatable bonds is 4. The zero-order valence-electron chi connectivity index (χ0n) is 17.2. The third kappa shape index (κ3) is 3.92. The van der Waals surface area contributed by atoms with Crippen LogP contribution in [0.25, 0.3) is 22.6 Å². The van der Waals surface area contributed by atoms with Gasteiger partial charge in [0.1, 0.15) is 5.52 Å². The van der Waals surface area contributed by atoms with E-state index in [0.717, 1.165) is 45.5 Å². The van der Waals surface area contributed by atoms with Crippen LogP contribution >= 0.6 is 0 Å². The van der Waals surface area contributed by atoms with Crippen LogP contribution in [0.5, 0.6) is 0 Å². The van der Waals surface area contributed by atoms with Gasteiger partial charge in [-0.05, 0) is 74.7 Å². The number of nitrogens with zero attached hydrogens (tertiary/aromatic N) is 1. The minimum Gasteiger partial charge on any atom is -0.436 e. The van der Waals surface area contributed by atoms with Crippen molar-refractivity contribution >= 4 is 22.7 Å². The Labute approximate surface area is 170 Å². The van der Waals surface area contributed by atoms with Gasteiger partial charge in [0.25, 0.3) is 5.91 Å². The van der Waals surface area contributed by atoms with Crippen molar-refractivity contribution in [3.8, 4) is 11.5 Å². The summed E-state index contributed by atoms with van der Waals surface area (Å²) in [4.78, 5) is 17.4. The van der Waals surface area contributed by atoms with Crippen molar-refractivity contribution in [2.45, 2.75) is 34.1 Å². The lowest BCUT2D eigenvalue weighted by molar-refractivity contribution is 0.102. The molecule has 0 bridgehead atoms. The molecule has 0 atom stereocenters. The largest absolute Gasteiger partial charge is 0.436 e. The number of aryl methyl sites for hydroxylation is 4. The highest BCUT2D eigenvalue weighted by Crippen LogP contribution is 2.29. The number of fused-ring (bicyclic) bond motifs is 1. The van der Waals surface area contributed by atoms with Crippen molar-refractivity contribution in [1.82, 2.24) is 4.98 Å². The number of benzene rings is 3. The molecule has 0 unspecified atom stereocenters. The van der Waals surface area contributed by atoms with Crippen LogP contribution in [0.3, 0.4) is 0 Å². The molecule has 3 aromatic carbocycles. The molecule has 0 aliphatic carbocycles. The molecule has 4 nitrogen and oxygen atoms in total. The molecule has 1 N–H and O–H groups in total. The number of oxazole rings is 1. The fraction of sp³-hybridized carbons (Fsp3) is 0.200. The standard InChI is InChI=1S/C25H24N2O2/c1-5-18-7-9-23-22(13-18)27-25(29-23)19-8-6-17(4)21(14-19)26-24(28)20-11-15(2)10-16(3)12-20/h6-14H,5H2,1-4H3,(H,26,28). The maximum absolute atomic E-state index is 12.8. The van der Waals surface area contributed by atoms with E-state index in [1.165, 1.54) is 5.56 Å². The van der Waals surface area contributed by atoms with Gasteiger partial charge in [-0.3, -0.25) is 4.79 Å². The summed E-state index contributed by atoms with van der Waals surface area (Å²) in [7, 11) is 0. The molecule has 146 valence electrons. The fourth-order valence-corrected chi connectivity index (χ4v) is 3.51. The molecule has 0 saturated carbocycles. The Morgan fingerprint density at radius 3 is 2.45 bits per heavy atom. The van der Waals surface area contributed by atoms with Crippen LogP contribution in [0.4, 0.5) is 5.69 Å². The van der Waals surface area contributed by atoms with Gasteiger partial charge in [0.15, 0.2) is 5.58 Å². The highest BCUT2D eigenvalue weighted by molar-refractivity contribution is 6.05. The van der Waals surface area contributed by atoms with Crippen LogP contribution in [0.1, 0.15) is 39.5 Å². The summed E-state index contributed by atoms with van der Waals surface area (Å²) in [5, 5.41) is 3.03. The van der Waals surface area contributed by atoms with Gasteiger partial charge in [0.05, 0.1) is 0 Å². The second kappa shape index (κ2) is 7.55. The van der Waals surface area contributed by atoms with E-state index in [9.17, 15) is 4.79 Å². The van der Waals surface area contributed by atoms with Gasteiger partial charge < -0.3 is 9.73 Å². The first-order chi connectivity index (χ1) is 13.9. The number of amides is 1. The molecule has 1 heterocycles. The lowest BCUT2D eigenvalue weighted by atomic mass is 10.1. The van der Waals surface area contributed by atoms with E-state index in [-0.39, 0.29) is 5.91 Å². The first kappa shape index (κ1) is 18.9. The minimum absolute atomic E-state index is 0.123. The van der Waals surface area contributed by atoms with Crippen LogP contribution in [-0.4, -0.2) is 10.9 Å². The van der Waals surface area contributed by atoms with Gasteiger partial charge >= 0.3 is 0 Å². The predicted octanol–water partition coefficient (Wildman–Crippen LogP) is 6.23. The second-order valence-electron chi connectivity index (χ2n) is 7.53. The average Bonchev–Trinajstić information content (AvgIpc) is 3.12. The van der Waals surface area contributed by atoms with E-state index in [2.05, 4.69) is 35.4 Å². The van der Waals surface area contributed by atoms with Crippen molar-refractivity contribution < 1.29 is 9.21 Å². The van der Waals surface area contributed by atoms with Crippen LogP contribution in [0.2, 0.25) is 0 Å². The van der Waals surface area contributed by atoms with Crippen molar-refractivity contribution in [3.63, 3.8) is 0 Å². The topological polar surface area (TPSA) is 55.1 Å². The maximum Gasteiger partial charge on any atom is 0.255 e. The molecule has 0 saturated heterocycles. The quantitative estimate of drug-likeness (QED) is 0.453. The van der Waals surface area contributed by atoms with Crippen molar-refractivity contribution in [1.29, 1.82) is 0 Å². The molecular formula is C25H24N2O2. The maximum atomic E-state index is 12.8. The average molecular weight is 384 g/mol. The molecule has 0 aliphatic rings. The summed E-state index contributed by atoms with van der Waals surface area (Å²) < 4.78 is 5.95. The zero-order valence-corrected chi connectivity index (χ0v) is 17.2. The molecule has 4 rings (SSSR count). The predicted molar refractivity (Wildman–Crippen MR) is 117 cm³/mol. The number of hydrogen-bond acceptors (Lipinski definition) is 3. The lowest BCUT2D eigenvalue weighted by Gasteiger charge is -2.11. The van der Waals surface area contributed by atoms with Gasteiger partial charge in [-0.1, -0.05) is 36.2 Å². The Morgan fingerprint density at radius 2 is 1.72 bits per heavy atom. The minimum atomic E-state index is -0.123. The summed E-state index contributed by atoms with van der Waals surface area (Å²) in [5.41, 5.74) is 8.19. The lowest BCUT2D eigenvalue weighted by Crippen LogP contribution is -2.13. The van der Waals surface area contributed by atoms with Crippen LogP contribution in [0.15, 0.2) is 59.0 Å². The van der Waals surface area contributed by atoms with Crippen molar-refractivity contribution in [2.24, 2.45) is 0 Å². The van der Waals surface area contributed by atoms with Gasteiger partial charge in [-0.25, -0.2) is 4.98 Å². The van der Waals surface area contributed by atoms with Crippen molar-refractivity contribution in [2.75, 3.05) is 5.32 Å². The first-order valence-corrected chi connectivity index (χ1v) is 9.83. The Morgan fingerprint density at radius 1 is 0.966 bits per heavy atom. The van der Waals surface area contributed by atoms with Gasteiger partial charge in [-0.15, -0.1) is 0 Å². The fourth-order valence-electron chi connectivity index (χ4n) is 3.51. The van der Waals surface area contributed by atoms with E-state index in [1.807, 2.05) is 57.2 Å².